The molecule has 0 aliphatic carbocycles. The van der Waals surface area contributed by atoms with E-state index < -0.39 is 28.9 Å². The minimum absolute atomic E-state index is 0.105. The number of hydrogen-bond acceptors (Lipinski definition) is 12. The summed E-state index contributed by atoms with van der Waals surface area (Å²) < 4.78 is 29.8. The zero-order valence-corrected chi connectivity index (χ0v) is 44.5. The summed E-state index contributed by atoms with van der Waals surface area (Å²) in [7, 11) is 4.27. The van der Waals surface area contributed by atoms with E-state index in [1.807, 2.05) is 60.0 Å². The van der Waals surface area contributed by atoms with Gasteiger partial charge in [0.25, 0.3) is 0 Å². The lowest BCUT2D eigenvalue weighted by Crippen LogP contribution is -2.51. The quantitative estimate of drug-likeness (QED) is 0.0452. The first-order chi connectivity index (χ1) is 32.4. The molecular formula is C50H81N7O9S2. The molecule has 4 N–H and O–H groups in total. The number of nitrogens with one attached hydrogen (secondary N) is 3. The third-order valence-corrected chi connectivity index (χ3v) is 13.8. The molecule has 2 saturated heterocycles. The van der Waals surface area contributed by atoms with Crippen molar-refractivity contribution in [2.45, 2.75) is 138 Å². The summed E-state index contributed by atoms with van der Waals surface area (Å²) in [4.78, 5) is 58.0. The second-order valence-corrected chi connectivity index (χ2v) is 20.4. The molecule has 5 unspecified atom stereocenters. The summed E-state index contributed by atoms with van der Waals surface area (Å²) in [5.41, 5.74) is 2.56. The molecule has 68 heavy (non-hydrogen) atoms. The molecule has 2 aliphatic rings. The number of carbonyl (C=O) groups excluding carboxylic acids is 3. The van der Waals surface area contributed by atoms with E-state index in [9.17, 15) is 28.5 Å². The number of unbranched alkanes of at least 4 members (excludes halogenated alkanes) is 3. The number of methoxy groups -OCH3 is 3. The topological polar surface area (TPSA) is 202 Å². The molecule has 382 valence electrons. The molecule has 2 fully saturated rings. The number of pyridine rings is 1. The fourth-order valence-corrected chi connectivity index (χ4v) is 9.75. The molecule has 6 atom stereocenters. The molecule has 0 saturated carbocycles. The maximum Gasteiger partial charge on any atom is 0.326 e. The standard InChI is InChI=1S/C21H35N3O5.C17H19N3O2S.C10H21NO2S.C2H6/c1-4-5-6-7-8-10-15(2)19(21(28)29)23-20(27)16(3)17-11-9-12-24(17)18(26)13-22-14-25;1-10(2)18-17-20-15(9-23-17)14-8-16(22-4)12-6-5-11(21-3)7-13(12)19-14;1-10(2,3)9(13-4)8-11-6-5-7-14(11)12;1-2/h8,10,14-17,19H,4-7,9,11-13H2,1-3H3,(H,22,25)(H,23,27)(H,28,29);5-10H,1-4H3,(H,18,20);9H,5-8H2,1-4H3;1-2H3/b10-8-;;;/t15?,16-,17?,19?;;;/m1.../s1. The monoisotopic (exact) mass is 988 g/mol. The van der Waals surface area contributed by atoms with Crippen LogP contribution in [0.5, 0.6) is 11.5 Å². The number of rotatable bonds is 21. The number of ether oxygens (including phenoxy) is 3. The Labute approximate surface area is 412 Å². The molecule has 0 bridgehead atoms. The van der Waals surface area contributed by atoms with E-state index in [2.05, 4.69) is 62.5 Å². The average Bonchev–Trinajstić information content (AvgIpc) is 4.10. The van der Waals surface area contributed by atoms with Crippen LogP contribution in [0.1, 0.15) is 114 Å². The van der Waals surface area contributed by atoms with Crippen LogP contribution in [0.4, 0.5) is 5.13 Å². The van der Waals surface area contributed by atoms with Gasteiger partial charge >= 0.3 is 5.97 Å². The fraction of sp³-hybridized carbons (Fsp3) is 0.640. The van der Waals surface area contributed by atoms with Gasteiger partial charge in [-0.3, -0.25) is 14.4 Å². The Morgan fingerprint density at radius 3 is 2.29 bits per heavy atom. The molecule has 3 amide bonds. The number of hydrogen-bond donors (Lipinski definition) is 4. The smallest absolute Gasteiger partial charge is 0.326 e. The van der Waals surface area contributed by atoms with Crippen LogP contribution in [0, 0.1) is 17.3 Å². The maximum absolute atomic E-state index is 12.7. The first-order valence-corrected chi connectivity index (χ1v) is 26.1. The number of carbonyl (C=O) groups is 4. The van der Waals surface area contributed by atoms with Crippen LogP contribution < -0.4 is 25.4 Å². The molecule has 0 spiro atoms. The lowest BCUT2D eigenvalue weighted by Gasteiger charge is -2.31. The van der Waals surface area contributed by atoms with Crippen LogP contribution in [0.25, 0.3) is 22.3 Å². The molecule has 2 aromatic heterocycles. The number of likely N-dealkylation sites (tertiary alicyclic amines) is 1. The van der Waals surface area contributed by atoms with Crippen LogP contribution in [-0.4, -0.2) is 130 Å². The Hall–Kier alpha value is -4.65. The molecular weight excluding hydrogens is 907 g/mol. The van der Waals surface area contributed by atoms with Gasteiger partial charge in [0.2, 0.25) is 18.2 Å². The van der Waals surface area contributed by atoms with Crippen molar-refractivity contribution >= 4 is 62.6 Å². The van der Waals surface area contributed by atoms with Crippen molar-refractivity contribution in [2.24, 2.45) is 17.3 Å². The molecule has 4 heterocycles. The summed E-state index contributed by atoms with van der Waals surface area (Å²) in [5, 5.41) is 21.7. The number of carboxylic acid groups (broad SMARTS) is 1. The Morgan fingerprint density at radius 2 is 1.72 bits per heavy atom. The van der Waals surface area contributed by atoms with E-state index in [0.29, 0.717) is 25.4 Å². The van der Waals surface area contributed by atoms with Crippen LogP contribution in [0.3, 0.4) is 0 Å². The third kappa shape index (κ3) is 19.0. The molecule has 3 aromatic rings. The number of amides is 3. The number of thiazole rings is 1. The van der Waals surface area contributed by atoms with E-state index in [4.69, 9.17) is 19.2 Å². The van der Waals surface area contributed by atoms with Gasteiger partial charge in [-0.25, -0.2) is 23.3 Å². The Bertz CT molecular complexity index is 2060. The average molecular weight is 988 g/mol. The molecule has 0 radical (unpaired) electrons. The molecule has 16 nitrogen and oxygen atoms in total. The number of allylic oxidation sites excluding steroid dienone is 1. The van der Waals surface area contributed by atoms with E-state index in [0.717, 1.165) is 96.3 Å². The number of carboxylic acids is 1. The summed E-state index contributed by atoms with van der Waals surface area (Å²) in [6.07, 6.45) is 11.1. The van der Waals surface area contributed by atoms with Crippen LogP contribution >= 0.6 is 11.3 Å². The van der Waals surface area contributed by atoms with Crippen molar-refractivity contribution in [2.75, 3.05) is 58.6 Å². The number of nitrogens with zero attached hydrogens (tertiary/aromatic N) is 4. The molecule has 2 aliphatic heterocycles. The van der Waals surface area contributed by atoms with Gasteiger partial charge in [0.1, 0.15) is 23.2 Å². The molecule has 18 heteroatoms. The van der Waals surface area contributed by atoms with Gasteiger partial charge < -0.3 is 40.2 Å². The maximum atomic E-state index is 12.7. The first-order valence-electron chi connectivity index (χ1n) is 24.0. The predicted molar refractivity (Wildman–Crippen MR) is 275 cm³/mol. The fourth-order valence-electron chi connectivity index (χ4n) is 7.63. The first kappa shape index (κ1) is 59.5. The molecule has 5 rings (SSSR count). The zero-order chi connectivity index (χ0) is 51.0. The lowest BCUT2D eigenvalue weighted by molar-refractivity contribution is -0.144. The van der Waals surface area contributed by atoms with Crippen LogP contribution in [-0.2, 0) is 34.9 Å². The Kier molecular flexibility index (Phi) is 26.9. The van der Waals surface area contributed by atoms with Gasteiger partial charge in [-0.1, -0.05) is 80.4 Å². The highest BCUT2D eigenvalue weighted by atomic mass is 32.2. The van der Waals surface area contributed by atoms with Crippen LogP contribution in [0.2, 0.25) is 0 Å². The second-order valence-electron chi connectivity index (χ2n) is 18.0. The van der Waals surface area contributed by atoms with Gasteiger partial charge in [0.05, 0.1) is 55.0 Å². The van der Waals surface area contributed by atoms with Gasteiger partial charge in [0, 0.05) is 73.4 Å². The van der Waals surface area contributed by atoms with Crippen molar-refractivity contribution in [1.29, 1.82) is 0 Å². The van der Waals surface area contributed by atoms with Gasteiger partial charge in [-0.15, -0.1) is 11.3 Å². The highest BCUT2D eigenvalue weighted by Crippen LogP contribution is 2.33. The number of aliphatic carboxylic acids is 1. The summed E-state index contributed by atoms with van der Waals surface area (Å²) >= 11 is 1.57. The zero-order valence-electron chi connectivity index (χ0n) is 42.9. The minimum atomic E-state index is -1.08. The largest absolute Gasteiger partial charge is 0.497 e. The van der Waals surface area contributed by atoms with Crippen molar-refractivity contribution in [3.63, 3.8) is 0 Å². The van der Waals surface area contributed by atoms with Crippen molar-refractivity contribution in [3.8, 4) is 22.9 Å². The summed E-state index contributed by atoms with van der Waals surface area (Å²) in [5.74, 6) is -0.215. The normalized spacial score (nSPS) is 17.6. The second kappa shape index (κ2) is 30.8. The Morgan fingerprint density at radius 1 is 1.00 bits per heavy atom. The molecule has 1 aromatic carbocycles. The van der Waals surface area contributed by atoms with Gasteiger partial charge in [-0.2, -0.15) is 0 Å². The van der Waals surface area contributed by atoms with E-state index >= 15 is 0 Å². The van der Waals surface area contributed by atoms with E-state index in [1.54, 1.807) is 51.4 Å². The predicted octanol–water partition coefficient (Wildman–Crippen LogP) is 8.34. The van der Waals surface area contributed by atoms with Crippen molar-refractivity contribution in [1.82, 2.24) is 29.8 Å². The number of aromatic nitrogens is 2. The summed E-state index contributed by atoms with van der Waals surface area (Å²) in [6, 6.07) is 6.71. The lowest BCUT2D eigenvalue weighted by atomic mass is 9.89. The van der Waals surface area contributed by atoms with Gasteiger partial charge in [0.15, 0.2) is 5.13 Å². The Balaban J connectivity index is 0.000000362. The highest BCUT2D eigenvalue weighted by molar-refractivity contribution is 7.82. The number of anilines is 1. The van der Waals surface area contributed by atoms with Crippen LogP contribution in [0.15, 0.2) is 41.8 Å². The van der Waals surface area contributed by atoms with Gasteiger partial charge in [-0.05, 0) is 63.5 Å². The van der Waals surface area contributed by atoms with E-state index in [1.165, 1.54) is 0 Å². The van der Waals surface area contributed by atoms with E-state index in [-0.39, 0.29) is 41.8 Å². The minimum Gasteiger partial charge on any atom is -0.497 e. The highest BCUT2D eigenvalue weighted by Gasteiger charge is 2.37. The SMILES string of the molecule is CC.CCCCC/C=C\C(C)C(NC(=O)[C@H](C)C1CCCN1C(=O)CNC=O)C(=O)O.COC(CN1CCCS1=O)C(C)(C)C.COc1ccc2c(OC)cc(-c3csc(NC(C)C)n3)nc2c1. The van der Waals surface area contributed by atoms with Crippen molar-refractivity contribution in [3.05, 3.63) is 41.8 Å². The third-order valence-electron chi connectivity index (χ3n) is 11.5. The number of benzene rings is 1. The number of fused-ring (bicyclic) bond motifs is 1. The summed E-state index contributed by atoms with van der Waals surface area (Å²) in [6.45, 7) is 22.4. The van der Waals surface area contributed by atoms with Crippen molar-refractivity contribution < 1.29 is 42.7 Å².